The highest BCUT2D eigenvalue weighted by Gasteiger charge is 2.37. The number of benzene rings is 1. The van der Waals surface area contributed by atoms with Gasteiger partial charge in [-0.15, -0.1) is 0 Å². The number of halogens is 1. The minimum absolute atomic E-state index is 0.00445. The van der Waals surface area contributed by atoms with E-state index in [0.29, 0.717) is 26.1 Å². The second-order valence-electron chi connectivity index (χ2n) is 5.74. The lowest BCUT2D eigenvalue weighted by Gasteiger charge is -2.34. The third-order valence-corrected chi connectivity index (χ3v) is 4.28. The number of hydrogen-bond acceptors (Lipinski definition) is 2. The largest absolute Gasteiger partial charge is 0.336 e. The average molecular weight is 290 g/mol. The predicted molar refractivity (Wildman–Crippen MR) is 75.8 cm³/mol. The molecule has 0 aliphatic carbocycles. The third-order valence-electron chi connectivity index (χ3n) is 4.28. The fourth-order valence-electron chi connectivity index (χ4n) is 3.19. The fourth-order valence-corrected chi connectivity index (χ4v) is 3.19. The normalized spacial score (nSPS) is 23.0. The van der Waals surface area contributed by atoms with Crippen LogP contribution in [0.2, 0.25) is 0 Å². The zero-order valence-corrected chi connectivity index (χ0v) is 11.9. The van der Waals surface area contributed by atoms with Crippen molar-refractivity contribution in [2.24, 2.45) is 0 Å². The van der Waals surface area contributed by atoms with E-state index in [1.165, 1.54) is 12.1 Å². The third kappa shape index (κ3) is 2.91. The van der Waals surface area contributed by atoms with Gasteiger partial charge in [0, 0.05) is 26.1 Å². The summed E-state index contributed by atoms with van der Waals surface area (Å²) in [5.74, 6) is -0.232. The van der Waals surface area contributed by atoms with Crippen molar-refractivity contribution in [3.63, 3.8) is 0 Å². The number of rotatable bonds is 2. The molecule has 2 aliphatic rings. The van der Waals surface area contributed by atoms with Gasteiger partial charge >= 0.3 is 0 Å². The molecule has 2 amide bonds. The second kappa shape index (κ2) is 5.84. The number of nitrogens with zero attached hydrogens (tertiary/aromatic N) is 2. The minimum atomic E-state index is -0.317. The van der Waals surface area contributed by atoms with Crippen LogP contribution in [0.15, 0.2) is 24.3 Å². The van der Waals surface area contributed by atoms with E-state index in [0.717, 1.165) is 24.8 Å². The van der Waals surface area contributed by atoms with E-state index in [1.807, 2.05) is 6.07 Å². The zero-order valence-electron chi connectivity index (χ0n) is 11.9. The van der Waals surface area contributed by atoms with Crippen LogP contribution >= 0.6 is 0 Å². The quantitative estimate of drug-likeness (QED) is 0.835. The molecule has 1 aromatic rings. The summed E-state index contributed by atoms with van der Waals surface area (Å²) in [7, 11) is 0. The molecule has 112 valence electrons. The highest BCUT2D eigenvalue weighted by molar-refractivity contribution is 5.90. The van der Waals surface area contributed by atoms with E-state index in [9.17, 15) is 14.0 Å². The minimum Gasteiger partial charge on any atom is -0.336 e. The Morgan fingerprint density at radius 3 is 2.86 bits per heavy atom. The van der Waals surface area contributed by atoms with Crippen LogP contribution in [0.1, 0.15) is 31.2 Å². The van der Waals surface area contributed by atoms with Gasteiger partial charge in [-0.1, -0.05) is 12.1 Å². The molecule has 2 fully saturated rings. The molecule has 0 aromatic heterocycles. The van der Waals surface area contributed by atoms with Crippen molar-refractivity contribution in [2.45, 2.75) is 38.3 Å². The van der Waals surface area contributed by atoms with Gasteiger partial charge in [0.25, 0.3) is 0 Å². The predicted octanol–water partition coefficient (Wildman–Crippen LogP) is 1.94. The molecular formula is C16H19FN2O2. The maximum absolute atomic E-state index is 13.3. The molecule has 5 heteroatoms. The highest BCUT2D eigenvalue weighted by atomic mass is 19.1. The summed E-state index contributed by atoms with van der Waals surface area (Å²) in [4.78, 5) is 28.2. The molecule has 2 saturated heterocycles. The van der Waals surface area contributed by atoms with Gasteiger partial charge in [-0.05, 0) is 37.0 Å². The van der Waals surface area contributed by atoms with Crippen molar-refractivity contribution < 1.29 is 14.0 Å². The Morgan fingerprint density at radius 1 is 1.19 bits per heavy atom. The average Bonchev–Trinajstić information content (AvgIpc) is 2.60. The molecule has 1 unspecified atom stereocenters. The first-order chi connectivity index (χ1) is 10.1. The van der Waals surface area contributed by atoms with Gasteiger partial charge in [-0.25, -0.2) is 4.39 Å². The first kappa shape index (κ1) is 14.0. The molecule has 1 atom stereocenters. The van der Waals surface area contributed by atoms with Crippen molar-refractivity contribution in [3.8, 4) is 0 Å². The van der Waals surface area contributed by atoms with Crippen molar-refractivity contribution in [1.29, 1.82) is 0 Å². The molecule has 0 saturated carbocycles. The van der Waals surface area contributed by atoms with Crippen molar-refractivity contribution in [2.75, 3.05) is 13.1 Å². The topological polar surface area (TPSA) is 40.6 Å². The maximum atomic E-state index is 13.3. The molecular weight excluding hydrogens is 271 g/mol. The molecule has 4 nitrogen and oxygen atoms in total. The highest BCUT2D eigenvalue weighted by Crippen LogP contribution is 2.23. The summed E-state index contributed by atoms with van der Waals surface area (Å²) in [6.45, 7) is 1.47. The number of carbonyl (C=O) groups excluding carboxylic acids is 2. The van der Waals surface area contributed by atoms with E-state index in [4.69, 9.17) is 0 Å². The van der Waals surface area contributed by atoms with Gasteiger partial charge in [0.15, 0.2) is 0 Å². The molecule has 0 spiro atoms. The Hall–Kier alpha value is -1.91. The monoisotopic (exact) mass is 290 g/mol. The smallest absolute Gasteiger partial charge is 0.245 e. The van der Waals surface area contributed by atoms with E-state index >= 15 is 0 Å². The molecule has 1 aromatic carbocycles. The van der Waals surface area contributed by atoms with Crippen LogP contribution in [0.3, 0.4) is 0 Å². The van der Waals surface area contributed by atoms with Crippen LogP contribution in [0, 0.1) is 5.82 Å². The standard InChI is InChI=1S/C16H19FN2O2/c17-13-5-3-4-12(10-13)11-18-9-7-15(20)19-8-2-1-6-14(19)16(18)21/h3-5,10,14H,1-2,6-9,11H2. The zero-order chi connectivity index (χ0) is 14.8. The van der Waals surface area contributed by atoms with Crippen LogP contribution in [0.4, 0.5) is 4.39 Å². The summed E-state index contributed by atoms with van der Waals surface area (Å²) < 4.78 is 13.3. The van der Waals surface area contributed by atoms with Crippen LogP contribution in [0.25, 0.3) is 0 Å². The molecule has 21 heavy (non-hydrogen) atoms. The number of hydrogen-bond donors (Lipinski definition) is 0. The van der Waals surface area contributed by atoms with Crippen LogP contribution in [0.5, 0.6) is 0 Å². The van der Waals surface area contributed by atoms with Crippen molar-refractivity contribution in [3.05, 3.63) is 35.6 Å². The number of carbonyl (C=O) groups is 2. The SMILES string of the molecule is O=C1C2CCCCN2C(=O)CCN1Cc1cccc(F)c1. The Kier molecular flexibility index (Phi) is 3.90. The maximum Gasteiger partial charge on any atom is 0.245 e. The first-order valence-corrected chi connectivity index (χ1v) is 7.48. The lowest BCUT2D eigenvalue weighted by molar-refractivity contribution is -0.143. The summed E-state index contributed by atoms with van der Waals surface area (Å²) >= 11 is 0. The lowest BCUT2D eigenvalue weighted by atomic mass is 10.0. The molecule has 2 aliphatic heterocycles. The second-order valence-corrected chi connectivity index (χ2v) is 5.74. The summed E-state index contributed by atoms with van der Waals surface area (Å²) in [6, 6.07) is 5.97. The molecule has 0 radical (unpaired) electrons. The first-order valence-electron chi connectivity index (χ1n) is 7.48. The van der Waals surface area contributed by atoms with Crippen molar-refractivity contribution in [1.82, 2.24) is 9.80 Å². The van der Waals surface area contributed by atoms with Crippen LogP contribution < -0.4 is 0 Å². The summed E-state index contributed by atoms with van der Waals surface area (Å²) in [5.41, 5.74) is 0.764. The Balaban J connectivity index is 1.79. The van der Waals surface area contributed by atoms with Gasteiger partial charge in [-0.3, -0.25) is 9.59 Å². The Labute approximate surface area is 123 Å². The van der Waals surface area contributed by atoms with Gasteiger partial charge in [0.1, 0.15) is 11.9 Å². The van der Waals surface area contributed by atoms with Gasteiger partial charge in [0.2, 0.25) is 11.8 Å². The van der Waals surface area contributed by atoms with E-state index in [1.54, 1.807) is 15.9 Å². The van der Waals surface area contributed by atoms with E-state index in [2.05, 4.69) is 0 Å². The lowest BCUT2D eigenvalue weighted by Crippen LogP contribution is -2.49. The number of fused-ring (bicyclic) bond motifs is 1. The van der Waals surface area contributed by atoms with Gasteiger partial charge < -0.3 is 9.80 Å². The van der Waals surface area contributed by atoms with Crippen molar-refractivity contribution >= 4 is 11.8 Å². The van der Waals surface area contributed by atoms with E-state index < -0.39 is 0 Å². The Morgan fingerprint density at radius 2 is 2.05 bits per heavy atom. The molecule has 2 heterocycles. The van der Waals surface area contributed by atoms with Gasteiger partial charge in [0.05, 0.1) is 0 Å². The summed E-state index contributed by atoms with van der Waals surface area (Å²) in [6.07, 6.45) is 3.05. The van der Waals surface area contributed by atoms with Gasteiger partial charge in [-0.2, -0.15) is 0 Å². The Bertz CT molecular complexity index is 561. The molecule has 3 rings (SSSR count). The fraction of sp³-hybridized carbons (Fsp3) is 0.500. The van der Waals surface area contributed by atoms with Crippen LogP contribution in [-0.4, -0.2) is 40.7 Å². The number of piperidine rings is 1. The molecule has 0 N–H and O–H groups in total. The number of amides is 2. The van der Waals surface area contributed by atoms with Crippen LogP contribution in [-0.2, 0) is 16.1 Å². The van der Waals surface area contributed by atoms with E-state index in [-0.39, 0.29) is 23.7 Å². The molecule has 0 bridgehead atoms. The summed E-state index contributed by atoms with van der Waals surface area (Å²) in [5, 5.41) is 0.